The number of esters is 3. The number of rotatable bonds is 12. The molecule has 0 unspecified atom stereocenters. The van der Waals surface area contributed by atoms with E-state index in [9.17, 15) is 18.8 Å². The fourth-order valence-electron chi connectivity index (χ4n) is 2.66. The summed E-state index contributed by atoms with van der Waals surface area (Å²) < 4.78 is 40.6. The van der Waals surface area contributed by atoms with Crippen molar-refractivity contribution in [3.8, 4) is 28.4 Å². The molecule has 2 aromatic carbocycles. The van der Waals surface area contributed by atoms with E-state index in [0.29, 0.717) is 22.6 Å². The number of carbonyl (C=O) groups is 3. The Morgan fingerprint density at radius 2 is 1.20 bits per heavy atom. The van der Waals surface area contributed by atoms with E-state index in [1.54, 1.807) is 24.3 Å². The second-order valence-corrected chi connectivity index (χ2v) is 7.43. The predicted molar refractivity (Wildman–Crippen MR) is 126 cm³/mol. The van der Waals surface area contributed by atoms with Crippen molar-refractivity contribution in [1.29, 1.82) is 0 Å². The van der Waals surface area contributed by atoms with E-state index in [1.165, 1.54) is 32.9 Å². The quantitative estimate of drug-likeness (QED) is 0.188. The van der Waals surface area contributed by atoms with Gasteiger partial charge in [-0.25, -0.2) is 14.0 Å². The first-order valence-electron chi connectivity index (χ1n) is 10.6. The van der Waals surface area contributed by atoms with Gasteiger partial charge in [0.2, 0.25) is 0 Å². The van der Waals surface area contributed by atoms with Crippen molar-refractivity contribution in [3.63, 3.8) is 0 Å². The Morgan fingerprint density at radius 1 is 0.714 bits per heavy atom. The lowest BCUT2D eigenvalue weighted by Gasteiger charge is -2.15. The third-order valence-electron chi connectivity index (χ3n) is 4.31. The van der Waals surface area contributed by atoms with Crippen LogP contribution in [0.25, 0.3) is 11.1 Å². The van der Waals surface area contributed by atoms with Crippen molar-refractivity contribution >= 4 is 17.9 Å². The van der Waals surface area contributed by atoms with E-state index >= 15 is 0 Å². The lowest BCUT2D eigenvalue weighted by atomic mass is 10.0. The number of benzene rings is 2. The third-order valence-corrected chi connectivity index (χ3v) is 4.31. The first-order chi connectivity index (χ1) is 16.6. The SMILES string of the molecule is C=C(C)C(=O)OCCOc1ccc(-c2ccc(OC(C)=O)c(F)c2)cc1OCCOC(=O)C(=C)C. The molecule has 0 radical (unpaired) electrons. The zero-order valence-electron chi connectivity index (χ0n) is 19.9. The Labute approximate surface area is 202 Å². The van der Waals surface area contributed by atoms with Crippen LogP contribution in [0, 0.1) is 5.82 Å². The Balaban J connectivity index is 2.18. The van der Waals surface area contributed by atoms with Gasteiger partial charge in [-0.1, -0.05) is 25.3 Å². The highest BCUT2D eigenvalue weighted by Gasteiger charge is 2.13. The predicted octanol–water partition coefficient (Wildman–Crippen LogP) is 4.41. The van der Waals surface area contributed by atoms with Crippen molar-refractivity contribution in [2.45, 2.75) is 20.8 Å². The van der Waals surface area contributed by atoms with Gasteiger partial charge in [0.1, 0.15) is 26.4 Å². The van der Waals surface area contributed by atoms with Crippen molar-refractivity contribution in [3.05, 3.63) is 66.5 Å². The zero-order valence-corrected chi connectivity index (χ0v) is 19.9. The summed E-state index contributed by atoms with van der Waals surface area (Å²) in [6, 6.07) is 9.09. The second-order valence-electron chi connectivity index (χ2n) is 7.43. The minimum atomic E-state index is -0.702. The zero-order chi connectivity index (χ0) is 26.0. The fraction of sp³-hybridized carbons (Fsp3) is 0.269. The molecule has 0 aromatic heterocycles. The molecule has 0 amide bonds. The Bertz CT molecular complexity index is 1120. The third kappa shape index (κ3) is 8.62. The van der Waals surface area contributed by atoms with Gasteiger partial charge >= 0.3 is 17.9 Å². The van der Waals surface area contributed by atoms with Gasteiger partial charge in [0.25, 0.3) is 0 Å². The molecule has 0 aliphatic carbocycles. The summed E-state index contributed by atoms with van der Waals surface area (Å²) in [7, 11) is 0. The van der Waals surface area contributed by atoms with Crippen molar-refractivity contribution in [2.75, 3.05) is 26.4 Å². The Hall–Kier alpha value is -4.14. The van der Waals surface area contributed by atoms with Gasteiger partial charge in [0.15, 0.2) is 23.1 Å². The van der Waals surface area contributed by atoms with Crippen molar-refractivity contribution < 1.29 is 42.5 Å². The van der Waals surface area contributed by atoms with Crippen LogP contribution in [0.15, 0.2) is 60.7 Å². The molecule has 2 rings (SSSR count). The average molecular weight is 486 g/mol. The molecule has 0 fully saturated rings. The second kappa shape index (κ2) is 12.9. The van der Waals surface area contributed by atoms with Crippen molar-refractivity contribution in [2.24, 2.45) is 0 Å². The maximum absolute atomic E-state index is 14.4. The average Bonchev–Trinajstić information content (AvgIpc) is 2.80. The van der Waals surface area contributed by atoms with Gasteiger partial charge < -0.3 is 23.7 Å². The van der Waals surface area contributed by atoms with Gasteiger partial charge in [-0.2, -0.15) is 0 Å². The first-order valence-corrected chi connectivity index (χ1v) is 10.6. The number of hydrogen-bond acceptors (Lipinski definition) is 8. The molecule has 0 spiro atoms. The highest BCUT2D eigenvalue weighted by atomic mass is 19.1. The van der Waals surface area contributed by atoms with Crippen LogP contribution in [0.4, 0.5) is 4.39 Å². The summed E-state index contributed by atoms with van der Waals surface area (Å²) in [6.45, 7) is 11.3. The van der Waals surface area contributed by atoms with E-state index in [0.717, 1.165) is 0 Å². The lowest BCUT2D eigenvalue weighted by Crippen LogP contribution is -2.14. The summed E-state index contributed by atoms with van der Waals surface area (Å²) >= 11 is 0. The first kappa shape index (κ1) is 27.1. The maximum Gasteiger partial charge on any atom is 0.333 e. The molecule has 0 N–H and O–H groups in total. The molecule has 35 heavy (non-hydrogen) atoms. The van der Waals surface area contributed by atoms with E-state index in [2.05, 4.69) is 13.2 Å². The molecule has 0 saturated heterocycles. The normalized spacial score (nSPS) is 10.2. The number of ether oxygens (including phenoxy) is 5. The number of carbonyl (C=O) groups excluding carboxylic acids is 3. The molecular formula is C26H27FO8. The van der Waals surface area contributed by atoms with Crippen LogP contribution in [0.5, 0.6) is 17.2 Å². The summed E-state index contributed by atoms with van der Waals surface area (Å²) in [5.74, 6) is -1.95. The Morgan fingerprint density at radius 3 is 1.69 bits per heavy atom. The Kier molecular flexibility index (Phi) is 10.0. The highest BCUT2D eigenvalue weighted by molar-refractivity contribution is 5.87. The summed E-state index contributed by atoms with van der Waals surface area (Å²) in [5, 5.41) is 0. The molecule has 0 bridgehead atoms. The van der Waals surface area contributed by atoms with E-state index < -0.39 is 23.7 Å². The molecule has 9 heteroatoms. The topological polar surface area (TPSA) is 97.4 Å². The van der Waals surface area contributed by atoms with E-state index in [1.807, 2.05) is 0 Å². The summed E-state index contributed by atoms with van der Waals surface area (Å²) in [6.07, 6.45) is 0. The minimum absolute atomic E-state index is 0.00800. The summed E-state index contributed by atoms with van der Waals surface area (Å²) in [5.41, 5.74) is 1.63. The van der Waals surface area contributed by atoms with Gasteiger partial charge in [0, 0.05) is 18.1 Å². The van der Waals surface area contributed by atoms with E-state index in [4.69, 9.17) is 23.7 Å². The number of hydrogen-bond donors (Lipinski definition) is 0. The monoisotopic (exact) mass is 486 g/mol. The van der Waals surface area contributed by atoms with Crippen LogP contribution in [0.2, 0.25) is 0 Å². The fourth-order valence-corrected chi connectivity index (χ4v) is 2.66. The van der Waals surface area contributed by atoms with Gasteiger partial charge in [-0.05, 0) is 49.2 Å². The summed E-state index contributed by atoms with van der Waals surface area (Å²) in [4.78, 5) is 34.1. The number of halogens is 1. The maximum atomic E-state index is 14.4. The van der Waals surface area contributed by atoms with Crippen LogP contribution in [-0.4, -0.2) is 44.3 Å². The van der Waals surface area contributed by atoms with E-state index in [-0.39, 0.29) is 43.3 Å². The minimum Gasteiger partial charge on any atom is -0.486 e. The van der Waals surface area contributed by atoms with Crippen LogP contribution < -0.4 is 14.2 Å². The van der Waals surface area contributed by atoms with Gasteiger partial charge in [-0.3, -0.25) is 4.79 Å². The van der Waals surface area contributed by atoms with Crippen LogP contribution in [0.1, 0.15) is 20.8 Å². The highest BCUT2D eigenvalue weighted by Crippen LogP contribution is 2.34. The standard InChI is InChI=1S/C26H27FO8/c1-16(2)25(29)33-12-10-31-23-9-7-20(15-24(23)32-11-13-34-26(30)17(3)4)19-6-8-22(21(27)14-19)35-18(5)28/h6-9,14-15H,1,3,10-13H2,2,4-5H3. The van der Waals surface area contributed by atoms with Crippen LogP contribution in [0.3, 0.4) is 0 Å². The molecule has 0 aliphatic heterocycles. The molecular weight excluding hydrogens is 459 g/mol. The molecule has 186 valence electrons. The molecule has 2 aromatic rings. The largest absolute Gasteiger partial charge is 0.486 e. The van der Waals surface area contributed by atoms with Crippen LogP contribution in [-0.2, 0) is 23.9 Å². The van der Waals surface area contributed by atoms with Gasteiger partial charge in [0.05, 0.1) is 0 Å². The molecule has 0 atom stereocenters. The lowest BCUT2D eigenvalue weighted by molar-refractivity contribution is -0.140. The molecule has 0 heterocycles. The molecule has 8 nitrogen and oxygen atoms in total. The molecule has 0 saturated carbocycles. The van der Waals surface area contributed by atoms with Crippen molar-refractivity contribution in [1.82, 2.24) is 0 Å². The van der Waals surface area contributed by atoms with Crippen LogP contribution >= 0.6 is 0 Å². The smallest absolute Gasteiger partial charge is 0.333 e. The molecule has 0 aliphatic rings. The van der Waals surface area contributed by atoms with Gasteiger partial charge in [-0.15, -0.1) is 0 Å².